The summed E-state index contributed by atoms with van der Waals surface area (Å²) in [5.74, 6) is -15.5. The summed E-state index contributed by atoms with van der Waals surface area (Å²) < 4.78 is 117. The first-order valence-electron chi connectivity index (χ1n) is 15.4. The van der Waals surface area contributed by atoms with Crippen LogP contribution in [-0.4, -0.2) is 39.3 Å². The lowest BCUT2D eigenvalue weighted by Gasteiger charge is -2.16. The lowest BCUT2D eigenvalue weighted by Crippen LogP contribution is -2.37. The molecule has 4 aromatic carbocycles. The van der Waals surface area contributed by atoms with Gasteiger partial charge in [-0.05, 0) is 69.2 Å². The third-order valence-electron chi connectivity index (χ3n) is 7.80. The Morgan fingerprint density at radius 2 is 1.35 bits per heavy atom. The molecule has 0 bridgehead atoms. The van der Waals surface area contributed by atoms with E-state index in [-0.39, 0.29) is 35.9 Å². The van der Waals surface area contributed by atoms with Gasteiger partial charge in [0.1, 0.15) is 11.5 Å². The molecule has 0 aliphatic rings. The Morgan fingerprint density at radius 3 is 1.96 bits per heavy atom. The van der Waals surface area contributed by atoms with Crippen molar-refractivity contribution < 1.29 is 62.9 Å². The Kier molecular flexibility index (Phi) is 10.5. The molecule has 0 saturated carbocycles. The number of benzene rings is 4. The van der Waals surface area contributed by atoms with Gasteiger partial charge in [-0.15, -0.1) is 0 Å². The lowest BCUT2D eigenvalue weighted by atomic mass is 10.0. The fraction of sp³-hybridized carbons (Fsp3) is 0.250. The molecule has 0 N–H and O–H groups in total. The number of hydrogen-bond donors (Lipinski definition) is 0. The van der Waals surface area contributed by atoms with Gasteiger partial charge in [-0.1, -0.05) is 12.1 Å². The maximum atomic E-state index is 14.1. The zero-order valence-electron chi connectivity index (χ0n) is 27.9. The van der Waals surface area contributed by atoms with Crippen LogP contribution in [0.4, 0.5) is 22.0 Å². The van der Waals surface area contributed by atoms with Crippen LogP contribution in [0.2, 0.25) is 0 Å². The highest BCUT2D eigenvalue weighted by Gasteiger charge is 2.31. The number of rotatable bonds is 11. The highest BCUT2D eigenvalue weighted by atomic mass is 32.2. The largest absolute Gasteiger partial charge is 0.491 e. The van der Waals surface area contributed by atoms with Crippen LogP contribution in [-0.2, 0) is 21.4 Å². The van der Waals surface area contributed by atoms with Crippen molar-refractivity contribution in [3.8, 4) is 17.2 Å². The van der Waals surface area contributed by atoms with E-state index in [1.807, 2.05) is 13.8 Å². The number of methoxy groups -OCH3 is 1. The van der Waals surface area contributed by atoms with Crippen LogP contribution in [0.15, 0.2) is 54.6 Å². The third-order valence-corrected chi connectivity index (χ3v) is 9.01. The molecule has 0 unspecified atom stereocenters. The van der Waals surface area contributed by atoms with Crippen molar-refractivity contribution in [3.63, 3.8) is 0 Å². The van der Waals surface area contributed by atoms with Gasteiger partial charge in [0.05, 0.1) is 40.9 Å². The van der Waals surface area contributed by atoms with Crippen LogP contribution in [0.1, 0.15) is 52.1 Å². The van der Waals surface area contributed by atoms with Gasteiger partial charge in [0, 0.05) is 18.6 Å². The van der Waals surface area contributed by atoms with Gasteiger partial charge >= 0.3 is 22.1 Å². The van der Waals surface area contributed by atoms with Crippen LogP contribution >= 0.6 is 0 Å². The zero-order chi connectivity index (χ0) is 37.4. The van der Waals surface area contributed by atoms with Crippen LogP contribution in [0, 0.1) is 42.9 Å². The third kappa shape index (κ3) is 7.43. The summed E-state index contributed by atoms with van der Waals surface area (Å²) in [5, 5.41) is 0.789. The monoisotopic (exact) mass is 732 g/mol. The fourth-order valence-electron chi connectivity index (χ4n) is 5.67. The molecule has 0 atom stereocenters. The normalized spacial score (nSPS) is 11.7. The number of esters is 2. The summed E-state index contributed by atoms with van der Waals surface area (Å²) >= 11 is 0. The molecule has 268 valence electrons. The zero-order valence-corrected chi connectivity index (χ0v) is 28.7. The summed E-state index contributed by atoms with van der Waals surface area (Å²) in [7, 11) is -3.62. The van der Waals surface area contributed by atoms with E-state index < -0.39 is 62.6 Å². The van der Waals surface area contributed by atoms with Crippen molar-refractivity contribution in [2.75, 3.05) is 12.9 Å². The number of pyridine rings is 1. The second-order valence-corrected chi connectivity index (χ2v) is 13.5. The van der Waals surface area contributed by atoms with E-state index in [4.69, 9.17) is 14.2 Å². The molecule has 0 radical (unpaired) electrons. The Hall–Kier alpha value is -5.31. The second-order valence-electron chi connectivity index (χ2n) is 11.8. The predicted octanol–water partition coefficient (Wildman–Crippen LogP) is 7.18. The van der Waals surface area contributed by atoms with Crippen LogP contribution in [0.3, 0.4) is 0 Å². The average Bonchev–Trinajstić information content (AvgIpc) is 3.08. The van der Waals surface area contributed by atoms with Crippen molar-refractivity contribution in [2.24, 2.45) is 0 Å². The smallest absolute Gasteiger partial charge is 0.345 e. The number of para-hydroxylation sites is 1. The van der Waals surface area contributed by atoms with E-state index in [2.05, 4.69) is 4.18 Å². The van der Waals surface area contributed by atoms with E-state index >= 15 is 0 Å². The van der Waals surface area contributed by atoms with Gasteiger partial charge in [-0.2, -0.15) is 21.8 Å². The molecular formula is C36H31F5NO8S+. The maximum absolute atomic E-state index is 14.1. The first-order valence-corrected chi connectivity index (χ1v) is 17.0. The summed E-state index contributed by atoms with van der Waals surface area (Å²) in [4.78, 5) is 26.2. The standard InChI is InChI=1S/C36H31F5NO8S/c1-18(2)48-22-11-12-26-24(17-22)27(36(44)49-33-19(3)15-21(16-20(33)4)35(43)47-5)23-9-6-7-10-25(23)42(26)13-8-14-51(45,46)50-34-31(40)29(38)28(37)30(39)32(34)41/h6-7,9-12,15-18H,8,13-14H2,1-5H3/q+1. The Morgan fingerprint density at radius 1 is 0.765 bits per heavy atom. The number of aryl methyl sites for hydroxylation is 3. The number of nitrogens with zero attached hydrogens (tertiary/aromatic N) is 1. The van der Waals surface area contributed by atoms with Gasteiger partial charge in [0.25, 0.3) is 0 Å². The highest BCUT2D eigenvalue weighted by molar-refractivity contribution is 7.87. The number of ether oxygens (including phenoxy) is 3. The van der Waals surface area contributed by atoms with Crippen molar-refractivity contribution in [2.45, 2.75) is 46.8 Å². The van der Waals surface area contributed by atoms with Gasteiger partial charge in [-0.25, -0.2) is 22.8 Å². The van der Waals surface area contributed by atoms with Gasteiger partial charge in [-0.3, -0.25) is 0 Å². The number of carbonyl (C=O) groups excluding carboxylic acids is 2. The highest BCUT2D eigenvalue weighted by Crippen LogP contribution is 2.33. The quantitative estimate of drug-likeness (QED) is 0.0205. The van der Waals surface area contributed by atoms with E-state index in [1.165, 1.54) is 19.2 Å². The molecule has 15 heteroatoms. The van der Waals surface area contributed by atoms with Crippen LogP contribution < -0.4 is 18.2 Å². The van der Waals surface area contributed by atoms with Gasteiger partial charge in [0.2, 0.25) is 45.9 Å². The Labute approximate surface area is 289 Å². The molecule has 5 rings (SSSR count). The van der Waals surface area contributed by atoms with E-state index in [1.54, 1.807) is 60.9 Å². The second kappa shape index (κ2) is 14.5. The van der Waals surface area contributed by atoms with Crippen molar-refractivity contribution in [1.82, 2.24) is 0 Å². The first-order chi connectivity index (χ1) is 24.0. The molecule has 9 nitrogen and oxygen atoms in total. The molecular weight excluding hydrogens is 701 g/mol. The van der Waals surface area contributed by atoms with Crippen molar-refractivity contribution in [3.05, 3.63) is 106 Å². The topological polar surface area (TPSA) is 109 Å². The summed E-state index contributed by atoms with van der Waals surface area (Å²) in [6, 6.07) is 14.8. The van der Waals surface area contributed by atoms with E-state index in [0.29, 0.717) is 38.7 Å². The molecule has 51 heavy (non-hydrogen) atoms. The molecule has 0 amide bonds. The number of carbonyl (C=O) groups is 2. The first kappa shape index (κ1) is 37.0. The molecule has 1 aromatic heterocycles. The van der Waals surface area contributed by atoms with Crippen molar-refractivity contribution in [1.29, 1.82) is 0 Å². The van der Waals surface area contributed by atoms with Crippen LogP contribution in [0.25, 0.3) is 21.8 Å². The van der Waals surface area contributed by atoms with Crippen LogP contribution in [0.5, 0.6) is 17.2 Å². The number of hydrogen-bond acceptors (Lipinski definition) is 8. The summed E-state index contributed by atoms with van der Waals surface area (Å²) in [6.07, 6.45) is -0.479. The van der Waals surface area contributed by atoms with E-state index in [0.717, 1.165) is 0 Å². The van der Waals surface area contributed by atoms with Gasteiger partial charge < -0.3 is 18.4 Å². The predicted molar refractivity (Wildman–Crippen MR) is 175 cm³/mol. The minimum atomic E-state index is -4.87. The molecule has 0 aliphatic carbocycles. The van der Waals surface area contributed by atoms with Gasteiger partial charge in [0.15, 0.2) is 6.54 Å². The Bertz CT molecular complexity index is 2280. The van der Waals surface area contributed by atoms with E-state index in [9.17, 15) is 40.0 Å². The summed E-state index contributed by atoms with van der Waals surface area (Å²) in [6.45, 7) is 6.92. The molecule has 0 fully saturated rings. The average molecular weight is 733 g/mol. The number of halogens is 5. The SMILES string of the molecule is COC(=O)c1cc(C)c(OC(=O)c2c3ccccc3[n+](CCCS(=O)(=O)Oc3c(F)c(F)c(F)c(F)c3F)c3ccc(OC(C)C)cc23)c(C)c1. The minimum absolute atomic E-state index is 0.0658. The maximum Gasteiger partial charge on any atom is 0.345 e. The molecule has 1 heterocycles. The Balaban J connectivity index is 1.55. The summed E-state index contributed by atoms with van der Waals surface area (Å²) in [5.41, 5.74) is 2.36. The lowest BCUT2D eigenvalue weighted by molar-refractivity contribution is -0.645. The minimum Gasteiger partial charge on any atom is -0.491 e. The molecule has 0 spiro atoms. The van der Waals surface area contributed by atoms with Crippen molar-refractivity contribution >= 4 is 43.9 Å². The molecule has 0 saturated heterocycles. The number of aromatic nitrogens is 1. The molecule has 5 aromatic rings. The number of fused-ring (bicyclic) bond motifs is 2. The fourth-order valence-corrected chi connectivity index (χ4v) is 6.64. The molecule has 0 aliphatic heterocycles.